The van der Waals surface area contributed by atoms with Crippen molar-refractivity contribution in [1.29, 1.82) is 0 Å². The van der Waals surface area contributed by atoms with Crippen LogP contribution in [-0.4, -0.2) is 46.7 Å². The highest BCUT2D eigenvalue weighted by atomic mass is 16.7. The quantitative estimate of drug-likeness (QED) is 0.690. The van der Waals surface area contributed by atoms with E-state index in [0.29, 0.717) is 19.1 Å². The van der Waals surface area contributed by atoms with Crippen LogP contribution < -0.4 is 9.47 Å². The Morgan fingerprint density at radius 2 is 1.95 bits per heavy atom. The Morgan fingerprint density at radius 1 is 1.14 bits per heavy atom. The zero-order valence-electron chi connectivity index (χ0n) is 11.5. The first-order valence-corrected chi connectivity index (χ1v) is 7.45. The summed E-state index contributed by atoms with van der Waals surface area (Å²) >= 11 is 0. The molecule has 1 aliphatic carbocycles. The fraction of sp³-hybridized carbons (Fsp3) is 0.500. The zero-order valence-corrected chi connectivity index (χ0v) is 11.5. The second kappa shape index (κ2) is 4.00. The van der Waals surface area contributed by atoms with Gasteiger partial charge in [0.25, 0.3) is 0 Å². The van der Waals surface area contributed by atoms with Gasteiger partial charge in [-0.3, -0.25) is 4.90 Å². The molecular formula is C16H17NO4. The second-order valence-electron chi connectivity index (χ2n) is 6.33. The van der Waals surface area contributed by atoms with Crippen LogP contribution in [0.15, 0.2) is 23.8 Å². The number of benzene rings is 1. The average Bonchev–Trinajstić information content (AvgIpc) is 3.04. The maximum absolute atomic E-state index is 10.4. The summed E-state index contributed by atoms with van der Waals surface area (Å²) in [5.74, 6) is 1.94. The van der Waals surface area contributed by atoms with Gasteiger partial charge in [0.1, 0.15) is 0 Å². The predicted molar refractivity (Wildman–Crippen MR) is 74.2 cm³/mol. The molecule has 110 valence electrons. The molecule has 2 N–H and O–H groups in total. The molecule has 1 saturated heterocycles. The van der Waals surface area contributed by atoms with Crippen LogP contribution in [0.3, 0.4) is 0 Å². The second-order valence-corrected chi connectivity index (χ2v) is 6.33. The third-order valence-corrected chi connectivity index (χ3v) is 5.25. The molecular weight excluding hydrogens is 270 g/mol. The van der Waals surface area contributed by atoms with Gasteiger partial charge in [-0.15, -0.1) is 0 Å². The minimum absolute atomic E-state index is 0.0529. The summed E-state index contributed by atoms with van der Waals surface area (Å²) in [5.41, 5.74) is 3.78. The molecule has 5 atom stereocenters. The minimum Gasteiger partial charge on any atom is -0.454 e. The lowest BCUT2D eigenvalue weighted by molar-refractivity contribution is -0.0248. The molecule has 0 amide bonds. The van der Waals surface area contributed by atoms with Gasteiger partial charge in [0.2, 0.25) is 6.79 Å². The van der Waals surface area contributed by atoms with E-state index in [9.17, 15) is 10.2 Å². The van der Waals surface area contributed by atoms with Gasteiger partial charge in [0.15, 0.2) is 11.5 Å². The molecule has 1 aromatic rings. The Balaban J connectivity index is 1.63. The molecule has 3 aliphatic heterocycles. The van der Waals surface area contributed by atoms with Gasteiger partial charge in [-0.25, -0.2) is 0 Å². The SMILES string of the molecule is O[C@H]1[C@H](O)CC=C2[C@@H]3CN(Cc4cc5c(cc43)OCO5)[C@@H]21. The van der Waals surface area contributed by atoms with E-state index in [-0.39, 0.29) is 6.04 Å². The number of hydrogen-bond acceptors (Lipinski definition) is 5. The van der Waals surface area contributed by atoms with Gasteiger partial charge < -0.3 is 19.7 Å². The number of fused-ring (bicyclic) bond motifs is 8. The Morgan fingerprint density at radius 3 is 2.81 bits per heavy atom. The summed E-state index contributed by atoms with van der Waals surface area (Å²) in [6.07, 6.45) is 1.31. The third-order valence-electron chi connectivity index (χ3n) is 5.25. The molecule has 21 heavy (non-hydrogen) atoms. The maximum Gasteiger partial charge on any atom is 0.231 e. The van der Waals surface area contributed by atoms with Crippen molar-refractivity contribution in [2.45, 2.75) is 37.1 Å². The lowest BCUT2D eigenvalue weighted by Gasteiger charge is -2.34. The van der Waals surface area contributed by atoms with Crippen molar-refractivity contribution in [2.75, 3.05) is 13.3 Å². The highest BCUT2D eigenvalue weighted by molar-refractivity contribution is 5.54. The molecule has 0 radical (unpaired) electrons. The van der Waals surface area contributed by atoms with Crippen LogP contribution >= 0.6 is 0 Å². The Kier molecular flexibility index (Phi) is 2.29. The largest absolute Gasteiger partial charge is 0.454 e. The Labute approximate surface area is 122 Å². The summed E-state index contributed by atoms with van der Waals surface area (Å²) in [6, 6.07) is 4.11. The summed E-state index contributed by atoms with van der Waals surface area (Å²) in [6.45, 7) is 1.99. The van der Waals surface area contributed by atoms with Gasteiger partial charge in [0.05, 0.1) is 18.2 Å². The molecule has 0 spiro atoms. The summed E-state index contributed by atoms with van der Waals surface area (Å²) < 4.78 is 11.0. The van der Waals surface area contributed by atoms with Gasteiger partial charge >= 0.3 is 0 Å². The van der Waals surface area contributed by atoms with E-state index >= 15 is 0 Å². The van der Waals surface area contributed by atoms with Crippen LogP contribution in [0.1, 0.15) is 23.5 Å². The van der Waals surface area contributed by atoms with Crippen molar-refractivity contribution >= 4 is 0 Å². The van der Waals surface area contributed by atoms with Gasteiger partial charge in [0, 0.05) is 19.0 Å². The van der Waals surface area contributed by atoms with E-state index in [2.05, 4.69) is 23.1 Å². The minimum atomic E-state index is -0.691. The zero-order chi connectivity index (χ0) is 14.1. The van der Waals surface area contributed by atoms with Gasteiger partial charge in [-0.1, -0.05) is 6.08 Å². The average molecular weight is 287 g/mol. The van der Waals surface area contributed by atoms with Crippen molar-refractivity contribution in [3.05, 3.63) is 34.9 Å². The van der Waals surface area contributed by atoms with Gasteiger partial charge in [-0.2, -0.15) is 0 Å². The van der Waals surface area contributed by atoms with Crippen LogP contribution in [-0.2, 0) is 6.54 Å². The van der Waals surface area contributed by atoms with Crippen LogP contribution in [0.4, 0.5) is 0 Å². The number of nitrogens with zero attached hydrogens (tertiary/aromatic N) is 1. The third kappa shape index (κ3) is 1.51. The van der Waals surface area contributed by atoms with Crippen LogP contribution in [0, 0.1) is 0 Å². The smallest absolute Gasteiger partial charge is 0.231 e. The first kappa shape index (κ1) is 12.0. The van der Waals surface area contributed by atoms with E-state index in [1.165, 1.54) is 16.7 Å². The predicted octanol–water partition coefficient (Wildman–Crippen LogP) is 0.749. The van der Waals surface area contributed by atoms with Crippen molar-refractivity contribution in [1.82, 2.24) is 4.90 Å². The molecule has 4 aliphatic rings. The monoisotopic (exact) mass is 287 g/mol. The van der Waals surface area contributed by atoms with E-state index in [1.54, 1.807) is 0 Å². The van der Waals surface area contributed by atoms with Crippen molar-refractivity contribution < 1.29 is 19.7 Å². The fourth-order valence-corrected chi connectivity index (χ4v) is 4.27. The Bertz CT molecular complexity index is 656. The van der Waals surface area contributed by atoms with Crippen LogP contribution in [0.2, 0.25) is 0 Å². The number of ether oxygens (including phenoxy) is 2. The Hall–Kier alpha value is -1.56. The highest BCUT2D eigenvalue weighted by Crippen LogP contribution is 2.49. The number of aliphatic hydroxyl groups is 2. The molecule has 2 bridgehead atoms. The first-order valence-electron chi connectivity index (χ1n) is 7.45. The van der Waals surface area contributed by atoms with Crippen molar-refractivity contribution in [3.8, 4) is 11.5 Å². The van der Waals surface area contributed by atoms with Crippen LogP contribution in [0.5, 0.6) is 11.5 Å². The van der Waals surface area contributed by atoms with Crippen molar-refractivity contribution in [3.63, 3.8) is 0 Å². The highest BCUT2D eigenvalue weighted by Gasteiger charge is 2.48. The lowest BCUT2D eigenvalue weighted by Crippen LogP contribution is -2.47. The number of hydrogen-bond donors (Lipinski definition) is 2. The molecule has 5 nitrogen and oxygen atoms in total. The molecule has 0 aromatic heterocycles. The number of rotatable bonds is 0. The standard InChI is InChI=1S/C16H17NO4/c18-12-2-1-9-11-6-17(15(9)16(12)19)5-8-3-13-14(4-10(8)11)21-7-20-13/h1,3-4,11-12,15-16,18-19H,2,5-7H2/t11-,12+,15-,16-/m0/s1. The fourth-order valence-electron chi connectivity index (χ4n) is 4.27. The lowest BCUT2D eigenvalue weighted by atomic mass is 9.82. The van der Waals surface area contributed by atoms with Gasteiger partial charge in [-0.05, 0) is 35.3 Å². The molecule has 5 heteroatoms. The molecule has 5 rings (SSSR count). The summed E-state index contributed by atoms with van der Waals surface area (Å²) in [5, 5.41) is 20.3. The molecule has 1 aromatic carbocycles. The molecule has 1 unspecified atom stereocenters. The molecule has 3 heterocycles. The molecule has 1 fully saturated rings. The number of aliphatic hydroxyl groups excluding tert-OH is 2. The van der Waals surface area contributed by atoms with E-state index in [1.807, 2.05) is 0 Å². The van der Waals surface area contributed by atoms with Crippen molar-refractivity contribution in [2.24, 2.45) is 0 Å². The summed E-state index contributed by atoms with van der Waals surface area (Å²) in [4.78, 5) is 2.27. The summed E-state index contributed by atoms with van der Waals surface area (Å²) in [7, 11) is 0. The van der Waals surface area contributed by atoms with E-state index in [0.717, 1.165) is 24.6 Å². The first-order chi connectivity index (χ1) is 10.2. The van der Waals surface area contributed by atoms with E-state index < -0.39 is 12.2 Å². The maximum atomic E-state index is 10.4. The normalized spacial score (nSPS) is 38.8. The topological polar surface area (TPSA) is 62.2 Å². The van der Waals surface area contributed by atoms with Crippen LogP contribution in [0.25, 0.3) is 0 Å². The molecule has 0 saturated carbocycles. The van der Waals surface area contributed by atoms with E-state index in [4.69, 9.17) is 9.47 Å².